The Morgan fingerprint density at radius 2 is 2.06 bits per heavy atom. The molecule has 8 nitrogen and oxygen atoms in total. The lowest BCUT2D eigenvalue weighted by atomic mass is 10.2. The van der Waals surface area contributed by atoms with E-state index in [0.29, 0.717) is 0 Å². The third kappa shape index (κ3) is 5.53. The van der Waals surface area contributed by atoms with Crippen LogP contribution in [-0.4, -0.2) is 55.2 Å². The molecule has 1 fully saturated rings. The van der Waals surface area contributed by atoms with Gasteiger partial charge in [-0.05, 0) is 18.2 Å². The zero-order chi connectivity index (χ0) is 23.7. The van der Waals surface area contributed by atoms with Crippen molar-refractivity contribution in [3.63, 3.8) is 0 Å². The minimum Gasteiger partial charge on any atom is -0.342 e. The van der Waals surface area contributed by atoms with Crippen LogP contribution >= 0.6 is 34.5 Å². The Morgan fingerprint density at radius 3 is 2.72 bits per heavy atom. The van der Waals surface area contributed by atoms with E-state index in [1.807, 2.05) is 0 Å². The number of nitriles is 1. The lowest BCUT2D eigenvalue weighted by Crippen LogP contribution is -2.43. The third-order valence-corrected chi connectivity index (χ3v) is 7.88. The van der Waals surface area contributed by atoms with Crippen molar-refractivity contribution in [1.82, 2.24) is 15.2 Å². The van der Waals surface area contributed by atoms with Crippen molar-refractivity contribution in [2.45, 2.75) is 29.0 Å². The van der Waals surface area contributed by atoms with Crippen LogP contribution in [0.25, 0.3) is 0 Å². The minimum atomic E-state index is -3.81. The quantitative estimate of drug-likeness (QED) is 0.622. The molecule has 1 aromatic carbocycles. The molecule has 32 heavy (non-hydrogen) atoms. The smallest absolute Gasteiger partial charge is 0.271 e. The summed E-state index contributed by atoms with van der Waals surface area (Å²) in [7, 11) is -3.81. The number of carbonyl (C=O) groups excluding carboxylic acids is 2. The Morgan fingerprint density at radius 1 is 1.34 bits per heavy atom. The Labute approximate surface area is 195 Å². The van der Waals surface area contributed by atoms with Crippen LogP contribution in [0.15, 0.2) is 28.5 Å². The minimum absolute atomic E-state index is 0.0619. The topological polar surface area (TPSA) is 120 Å². The van der Waals surface area contributed by atoms with Crippen LogP contribution in [-0.2, 0) is 20.4 Å². The first-order valence-electron chi connectivity index (χ1n) is 8.89. The first-order valence-corrected chi connectivity index (χ1v) is 12.2. The number of carbonyl (C=O) groups is 2. The largest absolute Gasteiger partial charge is 0.342 e. The van der Waals surface area contributed by atoms with Crippen LogP contribution in [0.1, 0.15) is 21.9 Å². The lowest BCUT2D eigenvalue weighted by molar-refractivity contribution is -0.131. The standard InChI is InChI=1S/C18H14Cl2F2N4O4S2/c19-12-2-1-11(3-13(12)20)32(29,30)8-15-25-14(7-31-15)17(28)24-6-16(27)26-9-18(21,22)4-10(26)5-23/h1-3,7,10H,4,6,8-9H2,(H,24,28)/t10-/m0/s1. The number of alkyl halides is 2. The predicted molar refractivity (Wildman–Crippen MR) is 112 cm³/mol. The van der Waals surface area contributed by atoms with E-state index in [1.165, 1.54) is 23.6 Å². The number of thiazole rings is 1. The van der Waals surface area contributed by atoms with Gasteiger partial charge in [0.15, 0.2) is 9.84 Å². The highest BCUT2D eigenvalue weighted by molar-refractivity contribution is 7.90. The average Bonchev–Trinajstić information content (AvgIpc) is 3.30. The zero-order valence-corrected chi connectivity index (χ0v) is 19.2. The Hall–Kier alpha value is -2.33. The fourth-order valence-electron chi connectivity index (χ4n) is 2.94. The molecule has 2 amide bonds. The average molecular weight is 523 g/mol. The van der Waals surface area contributed by atoms with Crippen LogP contribution in [0.3, 0.4) is 0 Å². The number of hydrogen-bond acceptors (Lipinski definition) is 7. The number of halogens is 4. The first-order chi connectivity index (χ1) is 14.9. The number of hydrogen-bond donors (Lipinski definition) is 1. The molecule has 0 spiro atoms. The van der Waals surface area contributed by atoms with Crippen molar-refractivity contribution in [2.75, 3.05) is 13.1 Å². The van der Waals surface area contributed by atoms with Gasteiger partial charge in [0.1, 0.15) is 22.5 Å². The maximum absolute atomic E-state index is 13.5. The van der Waals surface area contributed by atoms with Crippen LogP contribution in [0.5, 0.6) is 0 Å². The fourth-order valence-corrected chi connectivity index (χ4v) is 5.73. The Balaban J connectivity index is 1.61. The molecular weight excluding hydrogens is 509 g/mol. The maximum atomic E-state index is 13.5. The van der Waals surface area contributed by atoms with Crippen LogP contribution < -0.4 is 5.32 Å². The molecule has 1 N–H and O–H groups in total. The van der Waals surface area contributed by atoms with Gasteiger partial charge in [-0.1, -0.05) is 23.2 Å². The first kappa shape index (κ1) is 24.3. The molecule has 0 saturated carbocycles. The highest BCUT2D eigenvalue weighted by Gasteiger charge is 2.47. The van der Waals surface area contributed by atoms with Crippen LogP contribution in [0.2, 0.25) is 10.0 Å². The van der Waals surface area contributed by atoms with Crippen molar-refractivity contribution in [3.05, 3.63) is 44.3 Å². The number of likely N-dealkylation sites (tertiary alicyclic amines) is 1. The van der Waals surface area contributed by atoms with Gasteiger partial charge < -0.3 is 10.2 Å². The molecule has 0 bridgehead atoms. The maximum Gasteiger partial charge on any atom is 0.271 e. The van der Waals surface area contributed by atoms with E-state index >= 15 is 0 Å². The predicted octanol–water partition coefficient (Wildman–Crippen LogP) is 2.91. The molecule has 1 saturated heterocycles. The summed E-state index contributed by atoms with van der Waals surface area (Å²) in [5.41, 5.74) is -0.134. The highest BCUT2D eigenvalue weighted by atomic mass is 35.5. The van der Waals surface area contributed by atoms with Gasteiger partial charge in [0.05, 0.1) is 34.1 Å². The van der Waals surface area contributed by atoms with Crippen molar-refractivity contribution in [1.29, 1.82) is 5.26 Å². The van der Waals surface area contributed by atoms with Crippen molar-refractivity contribution in [3.8, 4) is 6.07 Å². The van der Waals surface area contributed by atoms with Crippen LogP contribution in [0.4, 0.5) is 8.78 Å². The summed E-state index contributed by atoms with van der Waals surface area (Å²) in [6.45, 7) is -1.51. The molecule has 2 heterocycles. The van der Waals surface area contributed by atoms with E-state index in [9.17, 15) is 26.8 Å². The van der Waals surface area contributed by atoms with Crippen molar-refractivity contribution >= 4 is 56.2 Å². The SMILES string of the molecule is N#C[C@@H]1CC(F)(F)CN1C(=O)CNC(=O)c1csc(CS(=O)(=O)c2ccc(Cl)c(Cl)c2)n1. The number of sulfone groups is 1. The van der Waals surface area contributed by atoms with Crippen LogP contribution in [0, 0.1) is 11.3 Å². The van der Waals surface area contributed by atoms with E-state index in [1.54, 1.807) is 6.07 Å². The summed E-state index contributed by atoms with van der Waals surface area (Å²) in [6, 6.07) is 4.23. The molecule has 1 aliphatic rings. The van der Waals surface area contributed by atoms with Gasteiger partial charge in [-0.25, -0.2) is 22.2 Å². The van der Waals surface area contributed by atoms with Gasteiger partial charge in [-0.2, -0.15) is 5.26 Å². The fraction of sp³-hybridized carbons (Fsp3) is 0.333. The highest BCUT2D eigenvalue weighted by Crippen LogP contribution is 2.31. The molecule has 0 unspecified atom stereocenters. The molecule has 14 heteroatoms. The monoisotopic (exact) mass is 522 g/mol. The number of amides is 2. The van der Waals surface area contributed by atoms with E-state index < -0.39 is 58.9 Å². The number of rotatable bonds is 6. The lowest BCUT2D eigenvalue weighted by Gasteiger charge is -2.19. The molecule has 1 atom stereocenters. The van der Waals surface area contributed by atoms with E-state index in [0.717, 1.165) is 16.2 Å². The summed E-state index contributed by atoms with van der Waals surface area (Å²) in [5, 5.41) is 12.9. The summed E-state index contributed by atoms with van der Waals surface area (Å²) in [6.07, 6.45) is -0.758. The second-order valence-corrected chi connectivity index (χ2v) is 10.6. The number of nitrogens with one attached hydrogen (secondary N) is 1. The van der Waals surface area contributed by atoms with Gasteiger partial charge in [0, 0.05) is 11.8 Å². The number of aromatic nitrogens is 1. The van der Waals surface area contributed by atoms with E-state index in [4.69, 9.17) is 28.5 Å². The van der Waals surface area contributed by atoms with Gasteiger partial charge in [-0.15, -0.1) is 11.3 Å². The van der Waals surface area contributed by atoms with E-state index in [-0.39, 0.29) is 25.6 Å². The zero-order valence-electron chi connectivity index (χ0n) is 16.0. The second-order valence-electron chi connectivity index (χ2n) is 6.87. The van der Waals surface area contributed by atoms with Crippen molar-refractivity contribution in [2.24, 2.45) is 0 Å². The molecular formula is C18H14Cl2F2N4O4S2. The third-order valence-electron chi connectivity index (χ3n) is 4.49. The van der Waals surface area contributed by atoms with Crippen molar-refractivity contribution < 1.29 is 26.8 Å². The summed E-state index contributed by atoms with van der Waals surface area (Å²) >= 11 is 12.6. The molecule has 170 valence electrons. The van der Waals surface area contributed by atoms with Gasteiger partial charge >= 0.3 is 0 Å². The molecule has 0 aliphatic carbocycles. The van der Waals surface area contributed by atoms with Gasteiger partial charge in [-0.3, -0.25) is 9.59 Å². The summed E-state index contributed by atoms with van der Waals surface area (Å²) < 4.78 is 52.0. The Bertz CT molecular complexity index is 1210. The van der Waals surface area contributed by atoms with Gasteiger partial charge in [0.25, 0.3) is 11.8 Å². The second kappa shape index (κ2) is 9.27. The molecule has 1 aromatic heterocycles. The normalized spacial score (nSPS) is 17.7. The molecule has 3 rings (SSSR count). The summed E-state index contributed by atoms with van der Waals surface area (Å²) in [4.78, 5) is 29.0. The Kier molecular flexibility index (Phi) is 7.04. The molecule has 1 aliphatic heterocycles. The number of nitrogens with zero attached hydrogens (tertiary/aromatic N) is 3. The number of benzene rings is 1. The van der Waals surface area contributed by atoms with E-state index in [2.05, 4.69) is 10.3 Å². The molecule has 2 aromatic rings. The summed E-state index contributed by atoms with van der Waals surface area (Å²) in [5.74, 6) is -5.27. The van der Waals surface area contributed by atoms with Gasteiger partial charge in [0.2, 0.25) is 5.91 Å². The molecule has 0 radical (unpaired) electrons.